The van der Waals surface area contributed by atoms with Gasteiger partial charge in [0.2, 0.25) is 0 Å². The molecule has 1 aliphatic rings. The molecule has 0 amide bonds. The van der Waals surface area contributed by atoms with Gasteiger partial charge in [-0.25, -0.2) is 4.79 Å². The molecule has 1 heterocycles. The first-order valence-electron chi connectivity index (χ1n) is 6.28. The van der Waals surface area contributed by atoms with Gasteiger partial charge >= 0.3 is 5.97 Å². The molecule has 1 aliphatic heterocycles. The molecule has 0 bridgehead atoms. The zero-order valence-electron chi connectivity index (χ0n) is 11.2. The van der Waals surface area contributed by atoms with Gasteiger partial charge in [0.15, 0.2) is 0 Å². The highest BCUT2D eigenvalue weighted by molar-refractivity contribution is 5.94. The Kier molecular flexibility index (Phi) is 3.57. The molecule has 1 fully saturated rings. The summed E-state index contributed by atoms with van der Waals surface area (Å²) in [5.41, 5.74) is 2.23. The summed E-state index contributed by atoms with van der Waals surface area (Å²) in [5.74, 6) is -0.847. The number of aromatic carboxylic acids is 1. The number of aryl methyl sites for hydroxylation is 1. The Labute approximate surface area is 108 Å². The summed E-state index contributed by atoms with van der Waals surface area (Å²) in [6.07, 6.45) is 0. The van der Waals surface area contributed by atoms with Crippen LogP contribution >= 0.6 is 0 Å². The van der Waals surface area contributed by atoms with Gasteiger partial charge < -0.3 is 14.9 Å². The van der Waals surface area contributed by atoms with Crippen molar-refractivity contribution in [1.29, 1.82) is 0 Å². The van der Waals surface area contributed by atoms with Crippen molar-refractivity contribution in [3.63, 3.8) is 0 Å². The molecular formula is C14H20N2O2. The number of carboxylic acids is 1. The van der Waals surface area contributed by atoms with Crippen LogP contribution in [0.2, 0.25) is 0 Å². The maximum Gasteiger partial charge on any atom is 0.337 e. The number of anilines is 1. The van der Waals surface area contributed by atoms with Crippen molar-refractivity contribution in [2.24, 2.45) is 0 Å². The van der Waals surface area contributed by atoms with Gasteiger partial charge in [-0.3, -0.25) is 0 Å². The summed E-state index contributed by atoms with van der Waals surface area (Å²) in [5, 5.41) is 9.30. The zero-order valence-corrected chi connectivity index (χ0v) is 11.2. The Hall–Kier alpha value is -1.55. The van der Waals surface area contributed by atoms with E-state index in [-0.39, 0.29) is 0 Å². The summed E-state index contributed by atoms with van der Waals surface area (Å²) in [7, 11) is 2.11. The van der Waals surface area contributed by atoms with E-state index in [1.807, 2.05) is 19.1 Å². The van der Waals surface area contributed by atoms with E-state index in [0.717, 1.165) is 30.9 Å². The van der Waals surface area contributed by atoms with Crippen LogP contribution in [0.5, 0.6) is 0 Å². The average Bonchev–Trinajstić information content (AvgIpc) is 2.32. The van der Waals surface area contributed by atoms with E-state index in [0.29, 0.717) is 11.6 Å². The Morgan fingerprint density at radius 3 is 2.72 bits per heavy atom. The third-order valence-electron chi connectivity index (χ3n) is 3.68. The Morgan fingerprint density at radius 1 is 1.39 bits per heavy atom. The smallest absolute Gasteiger partial charge is 0.337 e. The van der Waals surface area contributed by atoms with E-state index in [2.05, 4.69) is 23.8 Å². The number of carbonyl (C=O) groups is 1. The predicted octanol–water partition coefficient (Wildman–Crippen LogP) is 1.83. The predicted molar refractivity (Wildman–Crippen MR) is 72.4 cm³/mol. The molecule has 1 aromatic rings. The van der Waals surface area contributed by atoms with Crippen LogP contribution in [0, 0.1) is 6.92 Å². The van der Waals surface area contributed by atoms with Crippen molar-refractivity contribution in [1.82, 2.24) is 4.90 Å². The first-order valence-corrected chi connectivity index (χ1v) is 6.28. The average molecular weight is 248 g/mol. The summed E-state index contributed by atoms with van der Waals surface area (Å²) in [6, 6.07) is 6.10. The lowest BCUT2D eigenvalue weighted by Gasteiger charge is -2.39. The van der Waals surface area contributed by atoms with Gasteiger partial charge in [-0.05, 0) is 33.0 Å². The third-order valence-corrected chi connectivity index (χ3v) is 3.68. The molecule has 4 nitrogen and oxygen atoms in total. The summed E-state index contributed by atoms with van der Waals surface area (Å²) in [4.78, 5) is 15.8. The second-order valence-corrected chi connectivity index (χ2v) is 5.10. The number of hydrogen-bond donors (Lipinski definition) is 1. The van der Waals surface area contributed by atoms with Gasteiger partial charge in [0, 0.05) is 25.7 Å². The number of benzene rings is 1. The molecule has 1 saturated heterocycles. The van der Waals surface area contributed by atoms with Gasteiger partial charge in [-0.15, -0.1) is 0 Å². The first-order chi connectivity index (χ1) is 8.49. The number of nitrogens with zero attached hydrogens (tertiary/aromatic N) is 2. The molecule has 0 aromatic heterocycles. The third kappa shape index (κ3) is 2.48. The van der Waals surface area contributed by atoms with Crippen LogP contribution in [0.15, 0.2) is 18.2 Å². The van der Waals surface area contributed by atoms with Crippen LogP contribution in [0.1, 0.15) is 22.8 Å². The summed E-state index contributed by atoms with van der Waals surface area (Å²) in [6.45, 7) is 6.81. The second-order valence-electron chi connectivity index (χ2n) is 5.10. The van der Waals surface area contributed by atoms with Gasteiger partial charge in [-0.2, -0.15) is 0 Å². The molecule has 0 spiro atoms. The summed E-state index contributed by atoms with van der Waals surface area (Å²) >= 11 is 0. The molecule has 0 aliphatic carbocycles. The normalized spacial score (nSPS) is 21.1. The summed E-state index contributed by atoms with van der Waals surface area (Å²) < 4.78 is 0. The van der Waals surface area contributed by atoms with Crippen LogP contribution in [0.25, 0.3) is 0 Å². The molecule has 4 heteroatoms. The minimum absolute atomic E-state index is 0.409. The quantitative estimate of drug-likeness (QED) is 0.867. The molecule has 2 rings (SSSR count). The number of piperazine rings is 1. The van der Waals surface area contributed by atoms with Crippen molar-refractivity contribution in [3.05, 3.63) is 29.3 Å². The maximum atomic E-state index is 11.3. The van der Waals surface area contributed by atoms with Crippen molar-refractivity contribution < 1.29 is 9.90 Å². The van der Waals surface area contributed by atoms with Gasteiger partial charge in [-0.1, -0.05) is 11.6 Å². The number of likely N-dealkylation sites (N-methyl/N-ethyl adjacent to an activating group) is 1. The lowest BCUT2D eigenvalue weighted by atomic mass is 10.1. The molecular weight excluding hydrogens is 228 g/mol. The molecule has 1 unspecified atom stereocenters. The van der Waals surface area contributed by atoms with Crippen LogP contribution in [0.4, 0.5) is 5.69 Å². The zero-order chi connectivity index (χ0) is 13.3. The monoisotopic (exact) mass is 248 g/mol. The van der Waals surface area contributed by atoms with Gasteiger partial charge in [0.05, 0.1) is 11.3 Å². The van der Waals surface area contributed by atoms with Crippen LogP contribution in [-0.2, 0) is 0 Å². The Bertz CT molecular complexity index is 459. The van der Waals surface area contributed by atoms with Gasteiger partial charge in [0.1, 0.15) is 0 Å². The fraction of sp³-hybridized carbons (Fsp3) is 0.500. The highest BCUT2D eigenvalue weighted by atomic mass is 16.4. The SMILES string of the molecule is Cc1ccc(N2CCN(C)C(C)C2)c(C(=O)O)c1. The van der Waals surface area contributed by atoms with Crippen LogP contribution in [-0.4, -0.2) is 48.7 Å². The van der Waals surface area contributed by atoms with E-state index in [4.69, 9.17) is 0 Å². The van der Waals surface area contributed by atoms with Crippen LogP contribution in [0.3, 0.4) is 0 Å². The van der Waals surface area contributed by atoms with Crippen molar-refractivity contribution >= 4 is 11.7 Å². The highest BCUT2D eigenvalue weighted by Crippen LogP contribution is 2.24. The van der Waals surface area contributed by atoms with E-state index >= 15 is 0 Å². The highest BCUT2D eigenvalue weighted by Gasteiger charge is 2.23. The van der Waals surface area contributed by atoms with E-state index in [1.54, 1.807) is 6.07 Å². The van der Waals surface area contributed by atoms with Crippen molar-refractivity contribution in [2.75, 3.05) is 31.6 Å². The Morgan fingerprint density at radius 2 is 2.11 bits per heavy atom. The van der Waals surface area contributed by atoms with Crippen molar-refractivity contribution in [3.8, 4) is 0 Å². The fourth-order valence-electron chi connectivity index (χ4n) is 2.36. The number of hydrogen-bond acceptors (Lipinski definition) is 3. The lowest BCUT2D eigenvalue weighted by molar-refractivity contribution is 0.0697. The molecule has 0 radical (unpaired) electrons. The minimum atomic E-state index is -0.847. The first kappa shape index (κ1) is 12.9. The standard InChI is InChI=1S/C14H20N2O2/c1-10-4-5-13(12(8-10)14(17)18)16-7-6-15(3)11(2)9-16/h4-5,8,11H,6-7,9H2,1-3H3,(H,17,18). The Balaban J connectivity index is 2.30. The molecule has 1 N–H and O–H groups in total. The van der Waals surface area contributed by atoms with Gasteiger partial charge in [0.25, 0.3) is 0 Å². The largest absolute Gasteiger partial charge is 0.478 e. The van der Waals surface area contributed by atoms with Crippen molar-refractivity contribution in [2.45, 2.75) is 19.9 Å². The molecule has 18 heavy (non-hydrogen) atoms. The lowest BCUT2D eigenvalue weighted by Crippen LogP contribution is -2.50. The van der Waals surface area contributed by atoms with Crippen LogP contribution < -0.4 is 4.90 Å². The fourth-order valence-corrected chi connectivity index (χ4v) is 2.36. The second kappa shape index (κ2) is 4.98. The number of carboxylic acid groups (broad SMARTS) is 1. The molecule has 98 valence electrons. The molecule has 1 aromatic carbocycles. The maximum absolute atomic E-state index is 11.3. The minimum Gasteiger partial charge on any atom is -0.478 e. The molecule has 1 atom stereocenters. The number of rotatable bonds is 2. The van der Waals surface area contributed by atoms with E-state index < -0.39 is 5.97 Å². The van der Waals surface area contributed by atoms with E-state index in [9.17, 15) is 9.90 Å². The topological polar surface area (TPSA) is 43.8 Å². The molecule has 0 saturated carbocycles. The van der Waals surface area contributed by atoms with E-state index in [1.165, 1.54) is 0 Å².